The number of hydrogen-bond acceptors (Lipinski definition) is 4. The molecule has 0 aromatic rings. The quantitative estimate of drug-likeness (QED) is 0.324. The second-order valence-corrected chi connectivity index (χ2v) is 11.6. The maximum Gasteiger partial charge on any atom is 0.330 e. The van der Waals surface area contributed by atoms with E-state index in [1.807, 2.05) is 6.92 Å². The Morgan fingerprint density at radius 1 is 1.17 bits per heavy atom. The molecular formula is C12H29O4PSi. The average molecular weight is 296 g/mol. The zero-order valence-electron chi connectivity index (χ0n) is 12.5. The van der Waals surface area contributed by atoms with Crippen LogP contribution in [0, 0.1) is 0 Å². The van der Waals surface area contributed by atoms with Crippen LogP contribution < -0.4 is 0 Å². The van der Waals surface area contributed by atoms with Gasteiger partial charge in [0.15, 0.2) is 8.32 Å². The third kappa shape index (κ3) is 8.43. The summed E-state index contributed by atoms with van der Waals surface area (Å²) >= 11 is 0. The Kier molecular flexibility index (Phi) is 9.43. The molecule has 110 valence electrons. The van der Waals surface area contributed by atoms with Crippen molar-refractivity contribution in [2.75, 3.05) is 26.5 Å². The standard InChI is InChI=1S/C12H29O4PSi/c1-6-8-11-17(13,14-3)15-10-9-12-18(4,5)16-7-2/h6-12H2,1-5H3. The Balaban J connectivity index is 3.90. The molecule has 0 fully saturated rings. The third-order valence-electron chi connectivity index (χ3n) is 2.81. The highest BCUT2D eigenvalue weighted by atomic mass is 31.2. The van der Waals surface area contributed by atoms with Gasteiger partial charge in [-0.1, -0.05) is 13.3 Å². The number of hydrogen-bond donors (Lipinski definition) is 0. The van der Waals surface area contributed by atoms with Crippen LogP contribution in [0.1, 0.15) is 33.1 Å². The van der Waals surface area contributed by atoms with E-state index >= 15 is 0 Å². The predicted molar refractivity (Wildman–Crippen MR) is 78.9 cm³/mol. The van der Waals surface area contributed by atoms with Crippen LogP contribution in [0.25, 0.3) is 0 Å². The molecule has 0 saturated carbocycles. The van der Waals surface area contributed by atoms with Crippen molar-refractivity contribution in [3.05, 3.63) is 0 Å². The molecule has 0 N–H and O–H groups in total. The zero-order valence-corrected chi connectivity index (χ0v) is 14.4. The molecule has 0 amide bonds. The third-order valence-corrected chi connectivity index (χ3v) is 7.43. The molecule has 1 atom stereocenters. The van der Waals surface area contributed by atoms with Gasteiger partial charge in [-0.25, -0.2) is 0 Å². The van der Waals surface area contributed by atoms with Crippen LogP contribution in [0.2, 0.25) is 19.1 Å². The van der Waals surface area contributed by atoms with E-state index in [0.29, 0.717) is 12.8 Å². The summed E-state index contributed by atoms with van der Waals surface area (Å²) in [5.41, 5.74) is 0. The molecule has 4 nitrogen and oxygen atoms in total. The van der Waals surface area contributed by atoms with Crippen LogP contribution in [0.4, 0.5) is 0 Å². The van der Waals surface area contributed by atoms with Crippen molar-refractivity contribution in [1.29, 1.82) is 0 Å². The summed E-state index contributed by atoms with van der Waals surface area (Å²) in [5.74, 6) is 0. The average Bonchev–Trinajstić information content (AvgIpc) is 2.32. The van der Waals surface area contributed by atoms with Gasteiger partial charge in [-0.05, 0) is 38.9 Å². The van der Waals surface area contributed by atoms with Gasteiger partial charge in [0.25, 0.3) is 0 Å². The summed E-state index contributed by atoms with van der Waals surface area (Å²) in [6, 6.07) is 1.03. The maximum atomic E-state index is 12.1. The van der Waals surface area contributed by atoms with E-state index in [9.17, 15) is 4.57 Å². The van der Waals surface area contributed by atoms with E-state index in [1.54, 1.807) is 0 Å². The van der Waals surface area contributed by atoms with Crippen LogP contribution in [0.15, 0.2) is 0 Å². The predicted octanol–water partition coefficient (Wildman–Crippen LogP) is 4.27. The van der Waals surface area contributed by atoms with E-state index in [4.69, 9.17) is 13.5 Å². The zero-order chi connectivity index (χ0) is 14.1. The van der Waals surface area contributed by atoms with E-state index in [1.165, 1.54) is 7.11 Å². The molecule has 0 aliphatic carbocycles. The molecular weight excluding hydrogens is 267 g/mol. The molecule has 0 aliphatic heterocycles. The molecule has 0 rings (SSSR count). The molecule has 0 radical (unpaired) electrons. The normalized spacial score (nSPS) is 15.6. The van der Waals surface area contributed by atoms with Gasteiger partial charge < -0.3 is 13.5 Å². The number of rotatable bonds is 11. The van der Waals surface area contributed by atoms with Crippen molar-refractivity contribution in [3.63, 3.8) is 0 Å². The van der Waals surface area contributed by atoms with Crippen molar-refractivity contribution >= 4 is 15.9 Å². The smallest absolute Gasteiger partial charge is 0.330 e. The monoisotopic (exact) mass is 296 g/mol. The Morgan fingerprint density at radius 3 is 2.33 bits per heavy atom. The fourth-order valence-corrected chi connectivity index (χ4v) is 5.17. The SMILES string of the molecule is CCCCP(=O)(OC)OCCC[Si](C)(C)OCC. The molecule has 0 bridgehead atoms. The van der Waals surface area contributed by atoms with Crippen molar-refractivity contribution in [2.45, 2.75) is 52.2 Å². The highest BCUT2D eigenvalue weighted by molar-refractivity contribution is 7.53. The largest absolute Gasteiger partial charge is 0.418 e. The lowest BCUT2D eigenvalue weighted by molar-refractivity contribution is 0.231. The topological polar surface area (TPSA) is 44.8 Å². The fourth-order valence-electron chi connectivity index (χ4n) is 1.72. The lowest BCUT2D eigenvalue weighted by Crippen LogP contribution is -2.30. The van der Waals surface area contributed by atoms with E-state index in [0.717, 1.165) is 31.9 Å². The van der Waals surface area contributed by atoms with Gasteiger partial charge in [-0.2, -0.15) is 0 Å². The molecule has 0 heterocycles. The first-order valence-electron chi connectivity index (χ1n) is 6.82. The van der Waals surface area contributed by atoms with Crippen molar-refractivity contribution in [1.82, 2.24) is 0 Å². The Morgan fingerprint density at radius 2 is 1.83 bits per heavy atom. The lowest BCUT2D eigenvalue weighted by Gasteiger charge is -2.22. The summed E-state index contributed by atoms with van der Waals surface area (Å²) < 4.78 is 28.3. The summed E-state index contributed by atoms with van der Waals surface area (Å²) in [7, 11) is -2.92. The Bertz CT molecular complexity index is 258. The molecule has 0 saturated heterocycles. The van der Waals surface area contributed by atoms with E-state index < -0.39 is 15.9 Å². The Labute approximate surface area is 113 Å². The van der Waals surface area contributed by atoms with Crippen LogP contribution in [0.5, 0.6) is 0 Å². The van der Waals surface area contributed by atoms with Gasteiger partial charge in [0, 0.05) is 13.7 Å². The summed E-state index contributed by atoms with van der Waals surface area (Å²) in [4.78, 5) is 0. The summed E-state index contributed by atoms with van der Waals surface area (Å²) in [5, 5.41) is 0. The molecule has 6 heteroatoms. The lowest BCUT2D eigenvalue weighted by atomic mass is 10.4. The molecule has 0 aromatic heterocycles. The highest BCUT2D eigenvalue weighted by Crippen LogP contribution is 2.48. The fraction of sp³-hybridized carbons (Fsp3) is 1.00. The Hall–Kier alpha value is 0.327. The van der Waals surface area contributed by atoms with E-state index in [-0.39, 0.29) is 0 Å². The molecule has 18 heavy (non-hydrogen) atoms. The highest BCUT2D eigenvalue weighted by Gasteiger charge is 2.24. The second kappa shape index (κ2) is 9.27. The van der Waals surface area contributed by atoms with E-state index in [2.05, 4.69) is 20.0 Å². The van der Waals surface area contributed by atoms with Gasteiger partial charge in [-0.3, -0.25) is 4.57 Å². The molecule has 1 unspecified atom stereocenters. The second-order valence-electron chi connectivity index (χ2n) is 5.00. The summed E-state index contributed by atoms with van der Waals surface area (Å²) in [6.07, 6.45) is 3.29. The van der Waals surface area contributed by atoms with Crippen LogP contribution in [0.3, 0.4) is 0 Å². The minimum absolute atomic E-state index is 0.498. The van der Waals surface area contributed by atoms with Gasteiger partial charge in [0.1, 0.15) is 0 Å². The van der Waals surface area contributed by atoms with Crippen molar-refractivity contribution < 1.29 is 18.0 Å². The minimum Gasteiger partial charge on any atom is -0.418 e. The van der Waals surface area contributed by atoms with Crippen LogP contribution in [-0.2, 0) is 18.0 Å². The van der Waals surface area contributed by atoms with Gasteiger partial charge in [-0.15, -0.1) is 0 Å². The van der Waals surface area contributed by atoms with Gasteiger partial charge >= 0.3 is 7.60 Å². The molecule has 0 aromatic carbocycles. The van der Waals surface area contributed by atoms with Crippen molar-refractivity contribution in [2.24, 2.45) is 0 Å². The minimum atomic E-state index is -2.84. The molecule has 0 spiro atoms. The first kappa shape index (κ1) is 18.3. The van der Waals surface area contributed by atoms with Crippen LogP contribution >= 0.6 is 7.60 Å². The summed E-state index contributed by atoms with van der Waals surface area (Å²) in [6.45, 7) is 9.75. The van der Waals surface area contributed by atoms with Crippen LogP contribution in [-0.4, -0.2) is 34.8 Å². The first-order chi connectivity index (χ1) is 8.39. The first-order valence-corrected chi connectivity index (χ1v) is 11.7. The van der Waals surface area contributed by atoms with Gasteiger partial charge in [0.2, 0.25) is 0 Å². The maximum absolute atomic E-state index is 12.1. The molecule has 0 aliphatic rings. The van der Waals surface area contributed by atoms with Crippen molar-refractivity contribution in [3.8, 4) is 0 Å². The van der Waals surface area contributed by atoms with Gasteiger partial charge in [0.05, 0.1) is 12.8 Å². The number of unbranched alkanes of at least 4 members (excludes halogenated alkanes) is 1.